The molecule has 20 heavy (non-hydrogen) atoms. The first-order valence-corrected chi connectivity index (χ1v) is 8.88. The SMILES string of the molecule is CCNC(CCN1CCSC(C)C1)c1ccccc1C. The highest BCUT2D eigenvalue weighted by molar-refractivity contribution is 7.99. The molecule has 1 saturated heterocycles. The van der Waals surface area contributed by atoms with Crippen molar-refractivity contribution in [3.8, 4) is 0 Å². The normalized spacial score (nSPS) is 21.9. The zero-order valence-corrected chi connectivity index (χ0v) is 13.9. The van der Waals surface area contributed by atoms with Gasteiger partial charge in [-0.3, -0.25) is 0 Å². The van der Waals surface area contributed by atoms with Gasteiger partial charge in [0.1, 0.15) is 0 Å². The smallest absolute Gasteiger partial charge is 0.0334 e. The van der Waals surface area contributed by atoms with E-state index in [2.05, 4.69) is 67.0 Å². The van der Waals surface area contributed by atoms with Crippen LogP contribution in [0.25, 0.3) is 0 Å². The van der Waals surface area contributed by atoms with Gasteiger partial charge in [-0.05, 0) is 31.0 Å². The lowest BCUT2D eigenvalue weighted by Gasteiger charge is -2.32. The fourth-order valence-corrected chi connectivity index (χ4v) is 4.08. The maximum atomic E-state index is 3.66. The van der Waals surface area contributed by atoms with Gasteiger partial charge in [0.2, 0.25) is 0 Å². The van der Waals surface area contributed by atoms with Gasteiger partial charge in [0.05, 0.1) is 0 Å². The number of hydrogen-bond donors (Lipinski definition) is 1. The molecule has 1 aromatic rings. The highest BCUT2D eigenvalue weighted by Crippen LogP contribution is 2.23. The van der Waals surface area contributed by atoms with Crippen LogP contribution < -0.4 is 5.32 Å². The van der Waals surface area contributed by atoms with Gasteiger partial charge in [-0.1, -0.05) is 38.1 Å². The Balaban J connectivity index is 1.94. The summed E-state index contributed by atoms with van der Waals surface area (Å²) in [6.45, 7) is 11.5. The largest absolute Gasteiger partial charge is 0.310 e. The molecule has 1 aliphatic rings. The van der Waals surface area contributed by atoms with E-state index in [-0.39, 0.29) is 0 Å². The summed E-state index contributed by atoms with van der Waals surface area (Å²) in [7, 11) is 0. The van der Waals surface area contributed by atoms with Gasteiger partial charge in [0, 0.05) is 36.7 Å². The third-order valence-electron chi connectivity index (χ3n) is 4.07. The van der Waals surface area contributed by atoms with E-state index >= 15 is 0 Å². The van der Waals surface area contributed by atoms with Crippen molar-refractivity contribution in [2.24, 2.45) is 0 Å². The molecule has 3 heteroatoms. The molecule has 1 aliphatic heterocycles. The average Bonchev–Trinajstić information content (AvgIpc) is 2.44. The van der Waals surface area contributed by atoms with Crippen LogP contribution >= 0.6 is 11.8 Å². The van der Waals surface area contributed by atoms with Gasteiger partial charge in [0.25, 0.3) is 0 Å². The molecule has 0 aliphatic carbocycles. The first-order chi connectivity index (χ1) is 9.70. The molecule has 1 N–H and O–H groups in total. The van der Waals surface area contributed by atoms with E-state index in [1.165, 1.54) is 42.9 Å². The molecular formula is C17H28N2S. The van der Waals surface area contributed by atoms with Crippen LogP contribution in [0, 0.1) is 6.92 Å². The fourth-order valence-electron chi connectivity index (χ4n) is 3.00. The second-order valence-corrected chi connectivity index (χ2v) is 7.28. The number of nitrogens with one attached hydrogen (secondary N) is 1. The summed E-state index contributed by atoms with van der Waals surface area (Å²) in [5, 5.41) is 4.45. The van der Waals surface area contributed by atoms with Crippen molar-refractivity contribution in [3.63, 3.8) is 0 Å². The van der Waals surface area contributed by atoms with Crippen LogP contribution in [0.4, 0.5) is 0 Å². The Morgan fingerprint density at radius 3 is 2.90 bits per heavy atom. The summed E-state index contributed by atoms with van der Waals surface area (Å²) >= 11 is 2.11. The fraction of sp³-hybridized carbons (Fsp3) is 0.647. The van der Waals surface area contributed by atoms with Crippen LogP contribution in [0.5, 0.6) is 0 Å². The number of aryl methyl sites for hydroxylation is 1. The molecule has 0 saturated carbocycles. The molecule has 1 fully saturated rings. The summed E-state index contributed by atoms with van der Waals surface area (Å²) in [6, 6.07) is 9.28. The van der Waals surface area contributed by atoms with E-state index in [9.17, 15) is 0 Å². The molecule has 0 radical (unpaired) electrons. The molecule has 0 bridgehead atoms. The lowest BCUT2D eigenvalue weighted by atomic mass is 9.98. The topological polar surface area (TPSA) is 15.3 Å². The summed E-state index contributed by atoms with van der Waals surface area (Å²) in [6.07, 6.45) is 1.20. The molecule has 0 spiro atoms. The van der Waals surface area contributed by atoms with Crippen LogP contribution in [0.15, 0.2) is 24.3 Å². The Morgan fingerprint density at radius 1 is 1.40 bits per heavy atom. The summed E-state index contributed by atoms with van der Waals surface area (Å²) in [5.74, 6) is 1.29. The maximum Gasteiger partial charge on any atom is 0.0334 e. The van der Waals surface area contributed by atoms with Crippen molar-refractivity contribution in [2.45, 2.75) is 38.5 Å². The Bertz CT molecular complexity index is 408. The van der Waals surface area contributed by atoms with Gasteiger partial charge in [-0.15, -0.1) is 0 Å². The molecule has 0 amide bonds. The minimum absolute atomic E-state index is 0.492. The van der Waals surface area contributed by atoms with E-state index in [4.69, 9.17) is 0 Å². The van der Waals surface area contributed by atoms with Crippen molar-refractivity contribution in [2.75, 3.05) is 31.9 Å². The molecule has 112 valence electrons. The first-order valence-electron chi connectivity index (χ1n) is 7.83. The minimum Gasteiger partial charge on any atom is -0.310 e. The molecular weight excluding hydrogens is 264 g/mol. The quantitative estimate of drug-likeness (QED) is 0.864. The van der Waals surface area contributed by atoms with Crippen LogP contribution in [-0.4, -0.2) is 42.1 Å². The average molecular weight is 292 g/mol. The van der Waals surface area contributed by atoms with Crippen LogP contribution in [0.3, 0.4) is 0 Å². The Hall–Kier alpha value is -0.510. The Labute approximate surface area is 128 Å². The van der Waals surface area contributed by atoms with Crippen LogP contribution in [-0.2, 0) is 0 Å². The van der Waals surface area contributed by atoms with E-state index in [0.29, 0.717) is 6.04 Å². The predicted molar refractivity (Wildman–Crippen MR) is 90.6 cm³/mol. The summed E-state index contributed by atoms with van der Waals surface area (Å²) in [4.78, 5) is 2.63. The van der Waals surface area contributed by atoms with Crippen molar-refractivity contribution in [3.05, 3.63) is 35.4 Å². The maximum absolute atomic E-state index is 3.66. The lowest BCUT2D eigenvalue weighted by Crippen LogP contribution is -2.38. The second kappa shape index (κ2) is 8.06. The number of rotatable bonds is 6. The Morgan fingerprint density at radius 2 is 2.20 bits per heavy atom. The lowest BCUT2D eigenvalue weighted by molar-refractivity contribution is 0.268. The number of thioether (sulfide) groups is 1. The third kappa shape index (κ3) is 4.51. The van der Waals surface area contributed by atoms with Crippen molar-refractivity contribution < 1.29 is 0 Å². The van der Waals surface area contributed by atoms with Gasteiger partial charge in [-0.2, -0.15) is 11.8 Å². The van der Waals surface area contributed by atoms with E-state index in [0.717, 1.165) is 11.8 Å². The molecule has 2 unspecified atom stereocenters. The standard InChI is InChI=1S/C17H28N2S/c1-4-18-17(16-8-6-5-7-14(16)2)9-10-19-11-12-20-15(3)13-19/h5-8,15,17-18H,4,9-13H2,1-3H3. The zero-order valence-electron chi connectivity index (χ0n) is 13.1. The van der Waals surface area contributed by atoms with Crippen LogP contribution in [0.1, 0.15) is 37.4 Å². The predicted octanol–water partition coefficient (Wildman–Crippen LogP) is 3.47. The van der Waals surface area contributed by atoms with Gasteiger partial charge in [0.15, 0.2) is 0 Å². The third-order valence-corrected chi connectivity index (χ3v) is 5.21. The molecule has 2 atom stereocenters. The van der Waals surface area contributed by atoms with Crippen molar-refractivity contribution >= 4 is 11.8 Å². The van der Waals surface area contributed by atoms with Gasteiger partial charge >= 0.3 is 0 Å². The van der Waals surface area contributed by atoms with Crippen LogP contribution in [0.2, 0.25) is 0 Å². The molecule has 1 aromatic carbocycles. The monoisotopic (exact) mass is 292 g/mol. The number of benzene rings is 1. The molecule has 1 heterocycles. The molecule has 2 rings (SSSR count). The Kier molecular flexibility index (Phi) is 6.40. The van der Waals surface area contributed by atoms with Crippen molar-refractivity contribution in [1.82, 2.24) is 10.2 Å². The highest BCUT2D eigenvalue weighted by Gasteiger charge is 2.19. The first kappa shape index (κ1) is 15.9. The number of nitrogens with zero attached hydrogens (tertiary/aromatic N) is 1. The van der Waals surface area contributed by atoms with Crippen molar-refractivity contribution in [1.29, 1.82) is 0 Å². The second-order valence-electron chi connectivity index (χ2n) is 5.74. The van der Waals surface area contributed by atoms with E-state index in [1.807, 2.05) is 0 Å². The summed E-state index contributed by atoms with van der Waals surface area (Å²) < 4.78 is 0. The summed E-state index contributed by atoms with van der Waals surface area (Å²) in [5.41, 5.74) is 2.87. The minimum atomic E-state index is 0.492. The molecule has 2 nitrogen and oxygen atoms in total. The zero-order chi connectivity index (χ0) is 14.4. The molecule has 0 aromatic heterocycles. The van der Waals surface area contributed by atoms with E-state index in [1.54, 1.807) is 0 Å². The number of hydrogen-bond acceptors (Lipinski definition) is 3. The van der Waals surface area contributed by atoms with Gasteiger partial charge in [-0.25, -0.2) is 0 Å². The highest BCUT2D eigenvalue weighted by atomic mass is 32.2. The van der Waals surface area contributed by atoms with E-state index < -0.39 is 0 Å². The van der Waals surface area contributed by atoms with Gasteiger partial charge < -0.3 is 10.2 Å².